The van der Waals surface area contributed by atoms with Gasteiger partial charge in [0.2, 0.25) is 0 Å². The highest BCUT2D eigenvalue weighted by Crippen LogP contribution is 2.23. The normalized spacial score (nSPS) is 10.8. The zero-order chi connectivity index (χ0) is 14.1. The Balaban J connectivity index is 1.98. The van der Waals surface area contributed by atoms with Gasteiger partial charge in [-0.25, -0.2) is 0 Å². The summed E-state index contributed by atoms with van der Waals surface area (Å²) < 4.78 is 3.47. The summed E-state index contributed by atoms with van der Waals surface area (Å²) in [6.07, 6.45) is 0.870. The molecule has 0 fully saturated rings. The van der Waals surface area contributed by atoms with E-state index in [0.29, 0.717) is 10.3 Å². The van der Waals surface area contributed by atoms with Crippen molar-refractivity contribution in [2.24, 2.45) is 0 Å². The molecule has 0 spiro atoms. The van der Waals surface area contributed by atoms with E-state index in [1.54, 1.807) is 17.4 Å². The van der Waals surface area contributed by atoms with Crippen molar-refractivity contribution in [1.29, 1.82) is 5.26 Å². The molecule has 3 aromatic rings. The fourth-order valence-corrected chi connectivity index (χ4v) is 3.57. The van der Waals surface area contributed by atoms with Gasteiger partial charge in [0, 0.05) is 11.4 Å². The molecule has 0 aliphatic carbocycles. The lowest BCUT2D eigenvalue weighted by Crippen LogP contribution is -2.00. The number of nitriles is 1. The van der Waals surface area contributed by atoms with Crippen LogP contribution in [0.3, 0.4) is 0 Å². The topological polar surface area (TPSA) is 44.5 Å². The summed E-state index contributed by atoms with van der Waals surface area (Å²) >= 11 is 12.9. The molecule has 3 rings (SSSR count). The lowest BCUT2D eigenvalue weighted by Gasteiger charge is -2.03. The quantitative estimate of drug-likeness (QED) is 0.721. The number of aromatic amines is 1. The Morgan fingerprint density at radius 3 is 2.90 bits per heavy atom. The van der Waals surface area contributed by atoms with Crippen molar-refractivity contribution in [1.82, 2.24) is 9.55 Å². The molecule has 0 aliphatic rings. The van der Waals surface area contributed by atoms with Crippen molar-refractivity contribution in [3.63, 3.8) is 0 Å². The number of imidazole rings is 1. The number of hydrogen-bond acceptors (Lipinski definition) is 3. The maximum absolute atomic E-state index is 9.12. The highest BCUT2D eigenvalue weighted by atomic mass is 35.5. The van der Waals surface area contributed by atoms with E-state index in [0.717, 1.165) is 28.3 Å². The Kier molecular flexibility index (Phi) is 3.62. The minimum Gasteiger partial charge on any atom is -0.329 e. The van der Waals surface area contributed by atoms with Crippen LogP contribution in [0.2, 0.25) is 4.34 Å². The van der Waals surface area contributed by atoms with Crippen molar-refractivity contribution in [3.8, 4) is 6.07 Å². The summed E-state index contributed by atoms with van der Waals surface area (Å²) in [4.78, 5) is 4.35. The highest BCUT2D eigenvalue weighted by Gasteiger charge is 2.08. The third kappa shape index (κ3) is 2.38. The first-order valence-electron chi connectivity index (χ1n) is 6.05. The van der Waals surface area contributed by atoms with Gasteiger partial charge < -0.3 is 9.55 Å². The highest BCUT2D eigenvalue weighted by molar-refractivity contribution is 7.71. The van der Waals surface area contributed by atoms with E-state index in [-0.39, 0.29) is 0 Å². The molecule has 6 heteroatoms. The number of fused-ring (bicyclic) bond motifs is 1. The van der Waals surface area contributed by atoms with Crippen LogP contribution in [0, 0.1) is 16.1 Å². The Morgan fingerprint density at radius 1 is 1.35 bits per heavy atom. The molecule has 0 bridgehead atoms. The number of aromatic nitrogens is 2. The van der Waals surface area contributed by atoms with Crippen molar-refractivity contribution in [3.05, 3.63) is 49.9 Å². The van der Waals surface area contributed by atoms with Crippen LogP contribution >= 0.6 is 35.2 Å². The van der Waals surface area contributed by atoms with Gasteiger partial charge in [-0.3, -0.25) is 0 Å². The van der Waals surface area contributed by atoms with E-state index in [9.17, 15) is 0 Å². The molecule has 0 radical (unpaired) electrons. The van der Waals surface area contributed by atoms with Crippen LogP contribution in [-0.4, -0.2) is 9.55 Å². The predicted octanol–water partition coefficient (Wildman–Crippen LogP) is 4.53. The summed E-state index contributed by atoms with van der Waals surface area (Å²) in [7, 11) is 0. The lowest BCUT2D eigenvalue weighted by atomic mass is 10.2. The smallest absolute Gasteiger partial charge is 0.178 e. The number of rotatable bonds is 3. The second-order valence-electron chi connectivity index (χ2n) is 4.35. The molecule has 2 heterocycles. The third-order valence-corrected chi connectivity index (χ3v) is 4.75. The molecule has 1 aromatic carbocycles. The van der Waals surface area contributed by atoms with Crippen molar-refractivity contribution in [2.75, 3.05) is 0 Å². The summed E-state index contributed by atoms with van der Waals surface area (Å²) in [6.45, 7) is 0.768. The molecular formula is C14H10ClN3S2. The fourth-order valence-electron chi connectivity index (χ4n) is 2.20. The van der Waals surface area contributed by atoms with Crippen molar-refractivity contribution >= 4 is 46.2 Å². The first kappa shape index (κ1) is 13.4. The van der Waals surface area contributed by atoms with Crippen molar-refractivity contribution < 1.29 is 0 Å². The Hall–Kier alpha value is -1.61. The van der Waals surface area contributed by atoms with Crippen LogP contribution in [-0.2, 0) is 13.0 Å². The van der Waals surface area contributed by atoms with Gasteiger partial charge in [0.1, 0.15) is 6.07 Å². The summed E-state index contributed by atoms with van der Waals surface area (Å²) in [5.74, 6) is 0. The van der Waals surface area contributed by atoms with Gasteiger partial charge in [0.15, 0.2) is 4.77 Å². The van der Waals surface area contributed by atoms with E-state index in [1.165, 1.54) is 4.88 Å². The van der Waals surface area contributed by atoms with Crippen LogP contribution in [0.15, 0.2) is 30.3 Å². The van der Waals surface area contributed by atoms with Gasteiger partial charge in [-0.2, -0.15) is 5.26 Å². The fraction of sp³-hybridized carbons (Fsp3) is 0.143. The number of nitrogens with zero attached hydrogens (tertiary/aromatic N) is 2. The molecule has 100 valence electrons. The van der Waals surface area contributed by atoms with Crippen molar-refractivity contribution in [2.45, 2.75) is 13.0 Å². The molecular weight excluding hydrogens is 310 g/mol. The SMILES string of the molecule is N#Cc1cccc2c1[nH]c(=S)n2CCc1ccc(Cl)s1. The average Bonchev–Trinajstić information content (AvgIpc) is 2.99. The zero-order valence-electron chi connectivity index (χ0n) is 10.4. The third-order valence-electron chi connectivity index (χ3n) is 3.14. The van der Waals surface area contributed by atoms with E-state index in [4.69, 9.17) is 29.1 Å². The number of para-hydroxylation sites is 1. The van der Waals surface area contributed by atoms with Crippen LogP contribution < -0.4 is 0 Å². The number of aryl methyl sites for hydroxylation is 2. The van der Waals surface area contributed by atoms with Gasteiger partial charge in [0.25, 0.3) is 0 Å². The number of nitrogens with one attached hydrogen (secondary N) is 1. The molecule has 0 saturated carbocycles. The Labute approximate surface area is 130 Å². The second kappa shape index (κ2) is 5.41. The number of benzene rings is 1. The molecule has 3 nitrogen and oxygen atoms in total. The Morgan fingerprint density at radius 2 is 2.20 bits per heavy atom. The van der Waals surface area contributed by atoms with Gasteiger partial charge in [-0.15, -0.1) is 11.3 Å². The van der Waals surface area contributed by atoms with Gasteiger partial charge in [0.05, 0.1) is 20.9 Å². The number of H-pyrrole nitrogens is 1. The minimum atomic E-state index is 0.617. The van der Waals surface area contributed by atoms with E-state index in [2.05, 4.69) is 11.1 Å². The van der Waals surface area contributed by atoms with Gasteiger partial charge >= 0.3 is 0 Å². The summed E-state index contributed by atoms with van der Waals surface area (Å²) in [6, 6.07) is 11.8. The van der Waals surface area contributed by atoms with E-state index >= 15 is 0 Å². The maximum Gasteiger partial charge on any atom is 0.178 e. The lowest BCUT2D eigenvalue weighted by molar-refractivity contribution is 0.712. The van der Waals surface area contributed by atoms with Crippen LogP contribution in [0.1, 0.15) is 10.4 Å². The molecule has 0 saturated heterocycles. The largest absolute Gasteiger partial charge is 0.329 e. The summed E-state index contributed by atoms with van der Waals surface area (Å²) in [5, 5.41) is 9.12. The minimum absolute atomic E-state index is 0.617. The van der Waals surface area contributed by atoms with Crippen LogP contribution in [0.5, 0.6) is 0 Å². The first-order valence-corrected chi connectivity index (χ1v) is 7.65. The molecule has 0 aliphatic heterocycles. The zero-order valence-corrected chi connectivity index (χ0v) is 12.8. The number of thiophene rings is 1. The van der Waals surface area contributed by atoms with E-state index < -0.39 is 0 Å². The average molecular weight is 320 g/mol. The maximum atomic E-state index is 9.12. The number of halogens is 1. The van der Waals surface area contributed by atoms with Crippen LogP contribution in [0.25, 0.3) is 11.0 Å². The second-order valence-corrected chi connectivity index (χ2v) is 6.54. The van der Waals surface area contributed by atoms with Crippen LogP contribution in [0.4, 0.5) is 0 Å². The molecule has 2 aromatic heterocycles. The predicted molar refractivity (Wildman–Crippen MR) is 84.9 cm³/mol. The molecule has 0 amide bonds. The standard InChI is InChI=1S/C14H10ClN3S2/c15-12-5-4-10(20-12)6-7-18-11-3-1-2-9(8-16)13(11)17-14(18)19/h1-5H,6-7H2,(H,17,19). The number of hydrogen-bond donors (Lipinski definition) is 1. The van der Waals surface area contributed by atoms with E-state index in [1.807, 2.05) is 28.8 Å². The molecule has 1 N–H and O–H groups in total. The molecule has 0 unspecified atom stereocenters. The van der Waals surface area contributed by atoms with Gasteiger partial charge in [-0.05, 0) is 42.9 Å². The first-order chi connectivity index (χ1) is 9.69. The molecule has 0 atom stereocenters. The Bertz CT molecular complexity index is 867. The monoisotopic (exact) mass is 319 g/mol. The molecule has 20 heavy (non-hydrogen) atoms. The van der Waals surface area contributed by atoms with Gasteiger partial charge in [-0.1, -0.05) is 17.7 Å². The summed E-state index contributed by atoms with van der Waals surface area (Å²) in [5.41, 5.74) is 2.40.